The van der Waals surface area contributed by atoms with Gasteiger partial charge in [0.1, 0.15) is 0 Å². The molecule has 0 saturated carbocycles. The molecule has 2 N–H and O–H groups in total. The minimum absolute atomic E-state index is 0.129. The molecule has 1 amide bonds. The average molecular weight is 286 g/mol. The Kier molecular flexibility index (Phi) is 2.43. The van der Waals surface area contributed by atoms with Crippen molar-refractivity contribution in [3.63, 3.8) is 0 Å². The topological polar surface area (TPSA) is 36.9 Å². The molecule has 0 unspecified atom stereocenters. The number of amides is 1. The number of rotatable bonds is 1. The second kappa shape index (κ2) is 4.08. The molecule has 1 saturated heterocycles. The summed E-state index contributed by atoms with van der Waals surface area (Å²) in [7, 11) is 0. The number of nitrogens with zero attached hydrogens (tertiary/aromatic N) is 1. The molecule has 1 atom stereocenters. The van der Waals surface area contributed by atoms with Crippen LogP contribution in [0.15, 0.2) is 48.5 Å². The van der Waals surface area contributed by atoms with Crippen LogP contribution >= 0.6 is 11.6 Å². The maximum Gasteiger partial charge on any atom is 0.259 e. The van der Waals surface area contributed by atoms with Crippen LogP contribution in [0.25, 0.3) is 0 Å². The third-order valence-corrected chi connectivity index (χ3v) is 4.57. The highest BCUT2D eigenvalue weighted by atomic mass is 35.5. The molecule has 0 aromatic heterocycles. The number of benzene rings is 2. The first-order chi connectivity index (χ1) is 9.73. The zero-order valence-corrected chi connectivity index (χ0v) is 11.6. The minimum Gasteiger partial charge on any atom is -0.315 e. The van der Waals surface area contributed by atoms with Crippen molar-refractivity contribution in [2.24, 2.45) is 0 Å². The molecule has 4 rings (SSSR count). The molecular weight excluding hydrogens is 272 g/mol. The van der Waals surface area contributed by atoms with Gasteiger partial charge in [-0.25, -0.2) is 0 Å². The predicted octanol–water partition coefficient (Wildman–Crippen LogP) is 1.57. The van der Waals surface area contributed by atoms with Crippen LogP contribution in [-0.2, 0) is 5.66 Å². The van der Waals surface area contributed by atoms with Gasteiger partial charge in [0.25, 0.3) is 5.91 Å². The summed E-state index contributed by atoms with van der Waals surface area (Å²) in [4.78, 5) is 14.6. The Morgan fingerprint density at radius 3 is 2.65 bits per heavy atom. The fraction of sp³-hybridized carbons (Fsp3) is 0.188. The van der Waals surface area contributed by atoms with Gasteiger partial charge >= 0.3 is 0 Å². The first kappa shape index (κ1) is 11.9. The SMILES string of the molecule is O=C1c2ccccc2[C@@]2(c3ccc(Cl)cc3)[NH2+]CCN12. The molecule has 100 valence electrons. The second-order valence-electron chi connectivity index (χ2n) is 5.27. The van der Waals surface area contributed by atoms with Crippen LogP contribution in [0.4, 0.5) is 0 Å². The lowest BCUT2D eigenvalue weighted by molar-refractivity contribution is -0.716. The van der Waals surface area contributed by atoms with Crippen LogP contribution in [0, 0.1) is 0 Å². The van der Waals surface area contributed by atoms with Crippen LogP contribution in [0.2, 0.25) is 5.02 Å². The summed E-state index contributed by atoms with van der Waals surface area (Å²) in [6.07, 6.45) is 0. The lowest BCUT2D eigenvalue weighted by Gasteiger charge is -2.29. The van der Waals surface area contributed by atoms with Gasteiger partial charge in [-0.15, -0.1) is 0 Å². The molecule has 20 heavy (non-hydrogen) atoms. The van der Waals surface area contributed by atoms with Gasteiger partial charge in [-0.05, 0) is 36.4 Å². The molecule has 0 bridgehead atoms. The van der Waals surface area contributed by atoms with E-state index < -0.39 is 5.66 Å². The summed E-state index contributed by atoms with van der Waals surface area (Å²) in [5.41, 5.74) is 2.61. The zero-order chi connectivity index (χ0) is 13.7. The number of halogens is 1. The van der Waals surface area contributed by atoms with Gasteiger partial charge < -0.3 is 5.32 Å². The molecule has 2 aliphatic heterocycles. The summed E-state index contributed by atoms with van der Waals surface area (Å²) >= 11 is 6.00. The molecule has 4 heteroatoms. The molecule has 2 heterocycles. The Bertz CT molecular complexity index is 698. The van der Waals surface area contributed by atoms with Crippen LogP contribution in [0.3, 0.4) is 0 Å². The largest absolute Gasteiger partial charge is 0.315 e. The third-order valence-electron chi connectivity index (χ3n) is 4.32. The lowest BCUT2D eigenvalue weighted by Crippen LogP contribution is -2.93. The molecule has 2 aromatic carbocycles. The Hall–Kier alpha value is -1.84. The van der Waals surface area contributed by atoms with Crippen LogP contribution in [0.5, 0.6) is 0 Å². The maximum absolute atomic E-state index is 12.6. The summed E-state index contributed by atoms with van der Waals surface area (Å²) in [6, 6.07) is 15.7. The quantitative estimate of drug-likeness (QED) is 0.848. The Labute approximate surface area is 122 Å². The summed E-state index contributed by atoms with van der Waals surface area (Å²) < 4.78 is 0. The van der Waals surface area contributed by atoms with Crippen LogP contribution in [0.1, 0.15) is 21.5 Å². The molecule has 2 aromatic rings. The normalized spacial score (nSPS) is 23.9. The van der Waals surface area contributed by atoms with E-state index in [2.05, 4.69) is 11.4 Å². The number of hydrogen-bond donors (Lipinski definition) is 1. The Morgan fingerprint density at radius 1 is 1.10 bits per heavy atom. The number of quaternary nitrogens is 1. The van der Waals surface area contributed by atoms with E-state index in [1.54, 1.807) is 0 Å². The fourth-order valence-corrected chi connectivity index (χ4v) is 3.61. The fourth-order valence-electron chi connectivity index (χ4n) is 3.49. The summed E-state index contributed by atoms with van der Waals surface area (Å²) in [5, 5.41) is 2.97. The van der Waals surface area contributed by atoms with Gasteiger partial charge in [0.05, 0.1) is 24.2 Å². The number of carbonyl (C=O) groups excluding carboxylic acids is 1. The predicted molar refractivity (Wildman–Crippen MR) is 76.5 cm³/mol. The monoisotopic (exact) mass is 285 g/mol. The minimum atomic E-state index is -0.404. The highest BCUT2D eigenvalue weighted by molar-refractivity contribution is 6.30. The highest BCUT2D eigenvalue weighted by Gasteiger charge is 2.57. The molecular formula is C16H14ClN2O+. The van der Waals surface area contributed by atoms with Gasteiger partial charge in [-0.3, -0.25) is 9.69 Å². The number of nitrogens with two attached hydrogens (primary N) is 1. The second-order valence-corrected chi connectivity index (χ2v) is 5.70. The number of carbonyl (C=O) groups is 1. The Morgan fingerprint density at radius 2 is 1.85 bits per heavy atom. The molecule has 0 spiro atoms. The van der Waals surface area contributed by atoms with Crippen LogP contribution in [-0.4, -0.2) is 23.9 Å². The highest BCUT2D eigenvalue weighted by Crippen LogP contribution is 2.40. The van der Waals surface area contributed by atoms with Crippen molar-refractivity contribution < 1.29 is 10.1 Å². The van der Waals surface area contributed by atoms with Crippen molar-refractivity contribution in [1.82, 2.24) is 4.90 Å². The van der Waals surface area contributed by atoms with E-state index in [-0.39, 0.29) is 5.91 Å². The van der Waals surface area contributed by atoms with Crippen molar-refractivity contribution in [2.45, 2.75) is 5.66 Å². The first-order valence-corrected chi connectivity index (χ1v) is 7.13. The van der Waals surface area contributed by atoms with Crippen molar-refractivity contribution in [3.8, 4) is 0 Å². The smallest absolute Gasteiger partial charge is 0.259 e. The standard InChI is InChI=1S/C16H13ClN2O/c17-12-7-5-11(6-8-12)16-14-4-2-1-3-13(14)15(20)19(16)10-9-18-16/h1-8,18H,9-10H2/p+1/t16-/m0/s1. The van der Waals surface area contributed by atoms with Crippen molar-refractivity contribution in [3.05, 3.63) is 70.2 Å². The first-order valence-electron chi connectivity index (χ1n) is 6.75. The van der Waals surface area contributed by atoms with E-state index in [1.165, 1.54) is 0 Å². The molecule has 0 radical (unpaired) electrons. The summed E-state index contributed by atoms with van der Waals surface area (Å²) in [5.74, 6) is 0.129. The maximum atomic E-state index is 12.6. The average Bonchev–Trinajstić information content (AvgIpc) is 3.01. The van der Waals surface area contributed by atoms with E-state index in [4.69, 9.17) is 11.6 Å². The van der Waals surface area contributed by atoms with Gasteiger partial charge in [0.2, 0.25) is 5.66 Å². The number of fused-ring (bicyclic) bond motifs is 3. The van der Waals surface area contributed by atoms with Gasteiger partial charge in [0, 0.05) is 10.6 Å². The van der Waals surface area contributed by atoms with Gasteiger partial charge in [0.15, 0.2) is 0 Å². The summed E-state index contributed by atoms with van der Waals surface area (Å²) in [6.45, 7) is 1.69. The van der Waals surface area contributed by atoms with E-state index in [0.29, 0.717) is 5.02 Å². The third kappa shape index (κ3) is 1.37. The van der Waals surface area contributed by atoms with E-state index in [9.17, 15) is 4.79 Å². The van der Waals surface area contributed by atoms with E-state index >= 15 is 0 Å². The molecule has 3 nitrogen and oxygen atoms in total. The molecule has 0 aliphatic carbocycles. The lowest BCUT2D eigenvalue weighted by atomic mass is 9.91. The van der Waals surface area contributed by atoms with Crippen molar-refractivity contribution in [2.75, 3.05) is 13.1 Å². The molecule has 2 aliphatic rings. The Balaban J connectivity index is 1.99. The van der Waals surface area contributed by atoms with Gasteiger partial charge in [-0.1, -0.05) is 23.7 Å². The zero-order valence-electron chi connectivity index (χ0n) is 10.8. The van der Waals surface area contributed by atoms with Crippen LogP contribution < -0.4 is 5.32 Å². The van der Waals surface area contributed by atoms with Gasteiger partial charge in [-0.2, -0.15) is 0 Å². The van der Waals surface area contributed by atoms with E-state index in [1.807, 2.05) is 47.4 Å². The molecule has 1 fully saturated rings. The van der Waals surface area contributed by atoms with E-state index in [0.717, 1.165) is 29.8 Å². The van der Waals surface area contributed by atoms with Crippen molar-refractivity contribution in [1.29, 1.82) is 0 Å². The van der Waals surface area contributed by atoms with Crippen molar-refractivity contribution >= 4 is 17.5 Å². The number of hydrogen-bond acceptors (Lipinski definition) is 1.